The maximum absolute atomic E-state index is 12.8. The van der Waals surface area contributed by atoms with Crippen LogP contribution in [0.5, 0.6) is 0 Å². The summed E-state index contributed by atoms with van der Waals surface area (Å²) in [5.41, 5.74) is 0.390. The lowest BCUT2D eigenvalue weighted by atomic mass is 10.2. The number of nitrogens with zero attached hydrogens (tertiary/aromatic N) is 2. The Morgan fingerprint density at radius 3 is 2.75 bits per heavy atom. The minimum atomic E-state index is -0.332. The average Bonchev–Trinajstić information content (AvgIpc) is 3.08. The number of fused-ring (bicyclic) bond motifs is 1. The van der Waals surface area contributed by atoms with Crippen molar-refractivity contribution in [3.63, 3.8) is 0 Å². The number of rotatable bonds is 5. The lowest BCUT2D eigenvalue weighted by Gasteiger charge is -2.13. The number of furan rings is 1. The van der Waals surface area contributed by atoms with Gasteiger partial charge in [0.2, 0.25) is 0 Å². The monoisotopic (exact) mass is 326 g/mol. The summed E-state index contributed by atoms with van der Waals surface area (Å²) in [6.45, 7) is 3.69. The zero-order valence-corrected chi connectivity index (χ0v) is 13.6. The Morgan fingerprint density at radius 2 is 2.04 bits per heavy atom. The van der Waals surface area contributed by atoms with E-state index in [4.69, 9.17) is 9.15 Å². The highest BCUT2D eigenvalue weighted by Crippen LogP contribution is 2.12. The van der Waals surface area contributed by atoms with Gasteiger partial charge in [0, 0.05) is 0 Å². The van der Waals surface area contributed by atoms with E-state index in [-0.39, 0.29) is 30.6 Å². The van der Waals surface area contributed by atoms with E-state index in [9.17, 15) is 9.59 Å². The van der Waals surface area contributed by atoms with Gasteiger partial charge in [-0.2, -0.15) is 0 Å². The molecule has 1 aromatic carbocycles. The molecule has 0 fully saturated rings. The lowest BCUT2D eigenvalue weighted by molar-refractivity contribution is -0.149. The third-order valence-corrected chi connectivity index (χ3v) is 3.65. The molecule has 0 spiro atoms. The van der Waals surface area contributed by atoms with Crippen molar-refractivity contribution in [3.8, 4) is 0 Å². The Balaban J connectivity index is 2.03. The molecule has 0 aliphatic heterocycles. The number of benzene rings is 1. The van der Waals surface area contributed by atoms with Crippen molar-refractivity contribution in [2.24, 2.45) is 5.92 Å². The highest BCUT2D eigenvalue weighted by molar-refractivity contribution is 5.77. The molecular weight excluding hydrogens is 308 g/mol. The molecule has 124 valence electrons. The summed E-state index contributed by atoms with van der Waals surface area (Å²) in [4.78, 5) is 29.0. The molecule has 0 saturated heterocycles. The molecule has 6 heteroatoms. The highest BCUT2D eigenvalue weighted by atomic mass is 16.5. The van der Waals surface area contributed by atoms with Crippen molar-refractivity contribution in [1.29, 1.82) is 0 Å². The van der Waals surface area contributed by atoms with Crippen LogP contribution < -0.4 is 5.56 Å². The summed E-state index contributed by atoms with van der Waals surface area (Å²) >= 11 is 0. The van der Waals surface area contributed by atoms with Gasteiger partial charge >= 0.3 is 5.97 Å². The number of hydrogen-bond acceptors (Lipinski definition) is 5. The Hall–Kier alpha value is -2.89. The van der Waals surface area contributed by atoms with E-state index in [1.54, 1.807) is 50.4 Å². The SMILES string of the molecule is CC(C)C(=O)OCc1nc2ccccc2c(=O)n1Cc1ccco1. The van der Waals surface area contributed by atoms with Gasteiger partial charge in [-0.05, 0) is 24.3 Å². The first kappa shape index (κ1) is 16.0. The van der Waals surface area contributed by atoms with Gasteiger partial charge in [-0.3, -0.25) is 14.2 Å². The summed E-state index contributed by atoms with van der Waals surface area (Å²) in [5.74, 6) is 0.451. The maximum Gasteiger partial charge on any atom is 0.308 e. The highest BCUT2D eigenvalue weighted by Gasteiger charge is 2.15. The van der Waals surface area contributed by atoms with Crippen molar-refractivity contribution in [1.82, 2.24) is 9.55 Å². The molecule has 0 atom stereocenters. The Morgan fingerprint density at radius 1 is 1.25 bits per heavy atom. The largest absolute Gasteiger partial charge is 0.467 e. The second-order valence-corrected chi connectivity index (χ2v) is 5.78. The molecule has 0 radical (unpaired) electrons. The zero-order valence-electron chi connectivity index (χ0n) is 13.6. The number of esters is 1. The summed E-state index contributed by atoms with van der Waals surface area (Å²) in [5, 5.41) is 0.517. The first-order valence-electron chi connectivity index (χ1n) is 7.73. The van der Waals surface area contributed by atoms with Gasteiger partial charge in [0.05, 0.1) is 29.6 Å². The summed E-state index contributed by atoms with van der Waals surface area (Å²) in [6, 6.07) is 10.6. The van der Waals surface area contributed by atoms with Crippen molar-refractivity contribution < 1.29 is 13.9 Å². The molecule has 24 heavy (non-hydrogen) atoms. The molecule has 2 heterocycles. The molecule has 0 saturated carbocycles. The van der Waals surface area contributed by atoms with E-state index < -0.39 is 0 Å². The van der Waals surface area contributed by atoms with Gasteiger partial charge in [0.25, 0.3) is 5.56 Å². The minimum Gasteiger partial charge on any atom is -0.467 e. The van der Waals surface area contributed by atoms with Crippen LogP contribution in [0, 0.1) is 5.92 Å². The molecule has 6 nitrogen and oxygen atoms in total. The molecule has 0 bridgehead atoms. The fourth-order valence-electron chi connectivity index (χ4n) is 2.35. The number of ether oxygens (including phenoxy) is 1. The van der Waals surface area contributed by atoms with E-state index in [0.29, 0.717) is 22.5 Å². The fourth-order valence-corrected chi connectivity index (χ4v) is 2.35. The van der Waals surface area contributed by atoms with Crippen LogP contribution in [-0.4, -0.2) is 15.5 Å². The van der Waals surface area contributed by atoms with Gasteiger partial charge in [-0.1, -0.05) is 26.0 Å². The van der Waals surface area contributed by atoms with Crippen molar-refractivity contribution in [2.75, 3.05) is 0 Å². The van der Waals surface area contributed by atoms with Crippen LogP contribution in [0.4, 0.5) is 0 Å². The average molecular weight is 326 g/mol. The van der Waals surface area contributed by atoms with Crippen LogP contribution in [0.15, 0.2) is 51.9 Å². The topological polar surface area (TPSA) is 74.3 Å². The van der Waals surface area contributed by atoms with Crippen molar-refractivity contribution in [2.45, 2.75) is 27.0 Å². The second kappa shape index (κ2) is 6.70. The first-order chi connectivity index (χ1) is 11.6. The minimum absolute atomic E-state index is 0.0577. The van der Waals surface area contributed by atoms with Crippen LogP contribution in [-0.2, 0) is 22.7 Å². The van der Waals surface area contributed by atoms with Gasteiger partial charge in [0.15, 0.2) is 5.82 Å². The van der Waals surface area contributed by atoms with Crippen LogP contribution in [0.1, 0.15) is 25.4 Å². The zero-order chi connectivity index (χ0) is 17.1. The van der Waals surface area contributed by atoms with E-state index >= 15 is 0 Å². The van der Waals surface area contributed by atoms with Crippen LogP contribution in [0.3, 0.4) is 0 Å². The summed E-state index contributed by atoms with van der Waals surface area (Å²) in [7, 11) is 0. The second-order valence-electron chi connectivity index (χ2n) is 5.78. The standard InChI is InChI=1S/C18H18N2O4/c1-12(2)18(22)24-11-16-19-15-8-4-3-7-14(15)17(21)20(16)10-13-6-5-9-23-13/h3-9,12H,10-11H2,1-2H3. The Kier molecular flexibility index (Phi) is 4.46. The van der Waals surface area contributed by atoms with Crippen molar-refractivity contribution in [3.05, 3.63) is 64.6 Å². The third kappa shape index (κ3) is 3.22. The van der Waals surface area contributed by atoms with Gasteiger partial charge in [-0.25, -0.2) is 4.98 Å². The van der Waals surface area contributed by atoms with E-state index in [1.165, 1.54) is 4.57 Å². The smallest absolute Gasteiger partial charge is 0.308 e. The normalized spacial score (nSPS) is 11.1. The number of hydrogen-bond donors (Lipinski definition) is 0. The summed E-state index contributed by atoms with van der Waals surface area (Å²) in [6.07, 6.45) is 1.55. The molecule has 0 aliphatic carbocycles. The van der Waals surface area contributed by atoms with E-state index in [1.807, 2.05) is 6.07 Å². The molecule has 0 unspecified atom stereocenters. The van der Waals surface area contributed by atoms with Gasteiger partial charge in [-0.15, -0.1) is 0 Å². The molecular formula is C18H18N2O4. The first-order valence-corrected chi connectivity index (χ1v) is 7.73. The number of para-hydroxylation sites is 1. The maximum atomic E-state index is 12.8. The number of carbonyl (C=O) groups is 1. The third-order valence-electron chi connectivity index (χ3n) is 3.65. The molecule has 3 aromatic rings. The quantitative estimate of drug-likeness (QED) is 0.674. The van der Waals surface area contributed by atoms with Crippen LogP contribution in [0.2, 0.25) is 0 Å². The lowest BCUT2D eigenvalue weighted by Crippen LogP contribution is -2.27. The predicted molar refractivity (Wildman–Crippen MR) is 88.4 cm³/mol. The van der Waals surface area contributed by atoms with Crippen LogP contribution in [0.25, 0.3) is 10.9 Å². The van der Waals surface area contributed by atoms with Gasteiger partial charge in [0.1, 0.15) is 12.4 Å². The van der Waals surface area contributed by atoms with Crippen molar-refractivity contribution >= 4 is 16.9 Å². The summed E-state index contributed by atoms with van der Waals surface area (Å²) < 4.78 is 12.1. The molecule has 2 aromatic heterocycles. The van der Waals surface area contributed by atoms with Gasteiger partial charge < -0.3 is 9.15 Å². The Bertz CT molecular complexity index is 910. The molecule has 0 aliphatic rings. The Labute approximate surface area is 138 Å². The van der Waals surface area contributed by atoms with E-state index in [2.05, 4.69) is 4.98 Å². The molecule has 3 rings (SSSR count). The number of carbonyl (C=O) groups excluding carboxylic acids is 1. The molecule has 0 N–H and O–H groups in total. The predicted octanol–water partition coefficient (Wildman–Crippen LogP) is 2.74. The number of aromatic nitrogens is 2. The fraction of sp³-hybridized carbons (Fsp3) is 0.278. The van der Waals surface area contributed by atoms with Crippen LogP contribution >= 0.6 is 0 Å². The molecule has 0 amide bonds. The van der Waals surface area contributed by atoms with E-state index in [0.717, 1.165) is 0 Å².